The molecule has 0 N–H and O–H groups in total. The molecule has 0 spiro atoms. The van der Waals surface area contributed by atoms with Crippen molar-refractivity contribution in [2.45, 2.75) is 46.1 Å². The summed E-state index contributed by atoms with van der Waals surface area (Å²) in [6.07, 6.45) is 2.48. The molecular formula is C8H17NO3. The smallest absolute Gasteiger partial charge is 0.294 e. The Kier molecular flexibility index (Phi) is 5.41. The highest BCUT2D eigenvalue weighted by Gasteiger charge is 2.17. The maximum atomic E-state index is 10.1. The molecule has 0 saturated heterocycles. The second kappa shape index (κ2) is 5.80. The van der Waals surface area contributed by atoms with Gasteiger partial charge in [0.15, 0.2) is 0 Å². The third-order valence-electron chi connectivity index (χ3n) is 2.00. The van der Waals surface area contributed by atoms with E-state index in [0.717, 1.165) is 12.8 Å². The van der Waals surface area contributed by atoms with Crippen molar-refractivity contribution in [2.24, 2.45) is 5.92 Å². The molecule has 0 aliphatic carbocycles. The Balaban J connectivity index is 3.86. The average Bonchev–Trinajstić information content (AvgIpc) is 2.00. The fourth-order valence-corrected chi connectivity index (χ4v) is 1.33. The lowest BCUT2D eigenvalue weighted by Crippen LogP contribution is -2.23. The van der Waals surface area contributed by atoms with Crippen molar-refractivity contribution >= 4 is 0 Å². The van der Waals surface area contributed by atoms with Gasteiger partial charge in [-0.3, -0.25) is 0 Å². The normalized spacial score (nSPS) is 15.2. The van der Waals surface area contributed by atoms with Crippen LogP contribution >= 0.6 is 0 Å². The molecule has 0 heterocycles. The predicted octanol–water partition coefficient (Wildman–Crippen LogP) is 2.41. The summed E-state index contributed by atoms with van der Waals surface area (Å²) in [5.41, 5.74) is 0. The van der Waals surface area contributed by atoms with E-state index < -0.39 is 5.09 Å². The molecule has 0 aromatic carbocycles. The van der Waals surface area contributed by atoms with Gasteiger partial charge in [0.2, 0.25) is 0 Å². The highest BCUT2D eigenvalue weighted by molar-refractivity contribution is 4.62. The number of rotatable bonds is 6. The first kappa shape index (κ1) is 11.2. The SMILES string of the molecule is CCC[C@@H](C)[C@@H](CC)O[N+](=O)[O-]. The average molecular weight is 175 g/mol. The summed E-state index contributed by atoms with van der Waals surface area (Å²) in [4.78, 5) is 14.6. The molecule has 0 aromatic rings. The van der Waals surface area contributed by atoms with E-state index in [-0.39, 0.29) is 12.0 Å². The zero-order valence-electron chi connectivity index (χ0n) is 7.95. The lowest BCUT2D eigenvalue weighted by atomic mass is 9.98. The highest BCUT2D eigenvalue weighted by atomic mass is 17.0. The summed E-state index contributed by atoms with van der Waals surface area (Å²) < 4.78 is 0. The first-order chi connectivity index (χ1) is 5.61. The van der Waals surface area contributed by atoms with Crippen molar-refractivity contribution in [1.82, 2.24) is 0 Å². The van der Waals surface area contributed by atoms with Gasteiger partial charge in [0.25, 0.3) is 5.09 Å². The van der Waals surface area contributed by atoms with E-state index in [0.29, 0.717) is 6.42 Å². The van der Waals surface area contributed by atoms with Gasteiger partial charge in [0, 0.05) is 0 Å². The zero-order valence-corrected chi connectivity index (χ0v) is 7.95. The molecule has 0 aromatic heterocycles. The quantitative estimate of drug-likeness (QED) is 0.460. The van der Waals surface area contributed by atoms with Gasteiger partial charge in [0.05, 0.1) is 0 Å². The number of hydrogen-bond donors (Lipinski definition) is 0. The van der Waals surface area contributed by atoms with Crippen molar-refractivity contribution in [3.63, 3.8) is 0 Å². The minimum Gasteiger partial charge on any atom is -0.310 e. The Morgan fingerprint density at radius 1 is 1.50 bits per heavy atom. The molecule has 0 fully saturated rings. The zero-order chi connectivity index (χ0) is 9.56. The second-order valence-electron chi connectivity index (χ2n) is 3.04. The van der Waals surface area contributed by atoms with Crippen molar-refractivity contribution < 1.29 is 9.92 Å². The van der Waals surface area contributed by atoms with E-state index in [2.05, 4.69) is 11.8 Å². The molecule has 0 bridgehead atoms. The molecule has 0 saturated carbocycles. The van der Waals surface area contributed by atoms with Gasteiger partial charge < -0.3 is 4.84 Å². The second-order valence-corrected chi connectivity index (χ2v) is 3.04. The Morgan fingerprint density at radius 3 is 2.42 bits per heavy atom. The van der Waals surface area contributed by atoms with Gasteiger partial charge in [-0.25, -0.2) is 0 Å². The monoisotopic (exact) mass is 175 g/mol. The largest absolute Gasteiger partial charge is 0.310 e. The molecule has 0 rings (SSSR count). The molecule has 0 amide bonds. The summed E-state index contributed by atoms with van der Waals surface area (Å²) in [5, 5.41) is 9.37. The Bertz CT molecular complexity index is 138. The number of hydrogen-bond acceptors (Lipinski definition) is 3. The lowest BCUT2D eigenvalue weighted by molar-refractivity contribution is -0.770. The lowest BCUT2D eigenvalue weighted by Gasteiger charge is -2.19. The molecule has 2 atom stereocenters. The standard InChI is InChI=1S/C8H17NO3/c1-4-6-7(3)8(5-2)12-9(10)11/h7-8H,4-6H2,1-3H3/t7-,8-/m1/s1. The predicted molar refractivity (Wildman–Crippen MR) is 46.2 cm³/mol. The fourth-order valence-electron chi connectivity index (χ4n) is 1.33. The summed E-state index contributed by atoms with van der Waals surface area (Å²) >= 11 is 0. The van der Waals surface area contributed by atoms with Gasteiger partial charge in [-0.1, -0.05) is 27.2 Å². The van der Waals surface area contributed by atoms with Crippen LogP contribution in [0.3, 0.4) is 0 Å². The van der Waals surface area contributed by atoms with Crippen LogP contribution in [0.5, 0.6) is 0 Å². The molecule has 4 nitrogen and oxygen atoms in total. The summed E-state index contributed by atoms with van der Waals surface area (Å²) in [7, 11) is 0. The fraction of sp³-hybridized carbons (Fsp3) is 1.00. The van der Waals surface area contributed by atoms with Crippen LogP contribution in [0, 0.1) is 16.0 Å². The van der Waals surface area contributed by atoms with E-state index in [1.54, 1.807) is 0 Å². The minimum atomic E-state index is -0.694. The van der Waals surface area contributed by atoms with Crippen molar-refractivity contribution in [1.29, 1.82) is 0 Å². The molecule has 72 valence electrons. The number of nitrogens with zero attached hydrogens (tertiary/aromatic N) is 1. The Hall–Kier alpha value is -0.800. The molecule has 0 unspecified atom stereocenters. The first-order valence-electron chi connectivity index (χ1n) is 4.42. The topological polar surface area (TPSA) is 52.4 Å². The van der Waals surface area contributed by atoms with E-state index in [4.69, 9.17) is 0 Å². The van der Waals surface area contributed by atoms with Crippen LogP contribution in [-0.2, 0) is 4.84 Å². The third-order valence-corrected chi connectivity index (χ3v) is 2.00. The van der Waals surface area contributed by atoms with E-state index in [1.807, 2.05) is 13.8 Å². The maximum Gasteiger partial charge on any atom is 0.294 e. The van der Waals surface area contributed by atoms with Gasteiger partial charge in [0.1, 0.15) is 6.10 Å². The first-order valence-corrected chi connectivity index (χ1v) is 4.42. The van der Waals surface area contributed by atoms with Gasteiger partial charge in [-0.05, 0) is 18.8 Å². The van der Waals surface area contributed by atoms with Crippen LogP contribution in [0.2, 0.25) is 0 Å². The summed E-state index contributed by atoms with van der Waals surface area (Å²) in [5.74, 6) is 0.269. The van der Waals surface area contributed by atoms with Gasteiger partial charge in [-0.2, -0.15) is 0 Å². The van der Waals surface area contributed by atoms with Gasteiger partial charge >= 0.3 is 0 Å². The molecule has 12 heavy (non-hydrogen) atoms. The molecule has 0 aliphatic heterocycles. The minimum absolute atomic E-state index is 0.236. The van der Waals surface area contributed by atoms with E-state index in [1.165, 1.54) is 0 Å². The van der Waals surface area contributed by atoms with Crippen LogP contribution in [0.4, 0.5) is 0 Å². The summed E-state index contributed by atoms with van der Waals surface area (Å²) in [6.45, 7) is 5.96. The molecule has 0 aliphatic rings. The molecular weight excluding hydrogens is 158 g/mol. The van der Waals surface area contributed by atoms with Crippen LogP contribution < -0.4 is 0 Å². The van der Waals surface area contributed by atoms with Crippen molar-refractivity contribution in [2.75, 3.05) is 0 Å². The van der Waals surface area contributed by atoms with Crippen molar-refractivity contribution in [3.8, 4) is 0 Å². The van der Waals surface area contributed by atoms with E-state index >= 15 is 0 Å². The van der Waals surface area contributed by atoms with Crippen LogP contribution in [0.15, 0.2) is 0 Å². The molecule has 0 radical (unpaired) electrons. The van der Waals surface area contributed by atoms with Gasteiger partial charge in [-0.15, -0.1) is 10.1 Å². The van der Waals surface area contributed by atoms with E-state index in [9.17, 15) is 10.1 Å². The summed E-state index contributed by atoms with van der Waals surface area (Å²) in [6, 6.07) is 0. The maximum absolute atomic E-state index is 10.1. The van der Waals surface area contributed by atoms with Crippen molar-refractivity contribution in [3.05, 3.63) is 10.1 Å². The molecule has 4 heteroatoms. The Labute approximate surface area is 73.0 Å². The highest BCUT2D eigenvalue weighted by Crippen LogP contribution is 2.16. The third kappa shape index (κ3) is 4.16. The van der Waals surface area contributed by atoms with Crippen LogP contribution in [0.25, 0.3) is 0 Å². The van der Waals surface area contributed by atoms with Crippen LogP contribution in [0.1, 0.15) is 40.0 Å². The van der Waals surface area contributed by atoms with Crippen LogP contribution in [-0.4, -0.2) is 11.2 Å². The Morgan fingerprint density at radius 2 is 2.08 bits per heavy atom.